The first kappa shape index (κ1) is 18.2. The smallest absolute Gasteiger partial charge is 0.279 e. The molecule has 5 heteroatoms. The minimum atomic E-state index is -0.116. The lowest BCUT2D eigenvalue weighted by Gasteiger charge is -2.28. The summed E-state index contributed by atoms with van der Waals surface area (Å²) in [5, 5.41) is 5.10. The molecule has 0 aliphatic heterocycles. The number of aromatic nitrogens is 2. The Kier molecular flexibility index (Phi) is 5.14. The molecule has 0 spiro atoms. The summed E-state index contributed by atoms with van der Waals surface area (Å²) in [6, 6.07) is 15.3. The Labute approximate surface area is 159 Å². The highest BCUT2D eigenvalue weighted by Crippen LogP contribution is 2.25. The summed E-state index contributed by atoms with van der Waals surface area (Å²) in [6.07, 6.45) is 1.78. The lowest BCUT2D eigenvalue weighted by atomic mass is 10.1. The number of amides is 1. The van der Waals surface area contributed by atoms with Gasteiger partial charge < -0.3 is 4.90 Å². The zero-order chi connectivity index (χ0) is 18.8. The molecule has 0 aliphatic rings. The summed E-state index contributed by atoms with van der Waals surface area (Å²) in [5.41, 5.74) is 4.32. The van der Waals surface area contributed by atoms with Gasteiger partial charge in [0.15, 0.2) is 5.69 Å². The zero-order valence-electron chi connectivity index (χ0n) is 15.4. The third kappa shape index (κ3) is 3.65. The monoisotopic (exact) mass is 367 g/mol. The normalized spacial score (nSPS) is 11.0. The fourth-order valence-corrected chi connectivity index (χ4v) is 3.11. The van der Waals surface area contributed by atoms with Crippen molar-refractivity contribution in [3.05, 3.63) is 76.6 Å². The Balaban J connectivity index is 1.97. The van der Waals surface area contributed by atoms with Gasteiger partial charge in [0.05, 0.1) is 5.69 Å². The van der Waals surface area contributed by atoms with Gasteiger partial charge in [-0.25, -0.2) is 4.68 Å². The van der Waals surface area contributed by atoms with Crippen molar-refractivity contribution in [2.75, 3.05) is 4.90 Å². The van der Waals surface area contributed by atoms with Crippen molar-refractivity contribution in [2.24, 2.45) is 0 Å². The number of nitrogens with zero attached hydrogens (tertiary/aromatic N) is 3. The molecular formula is C21H22ClN3O. The minimum absolute atomic E-state index is 0.0133. The van der Waals surface area contributed by atoms with Gasteiger partial charge in [-0.15, -0.1) is 0 Å². The third-order valence-corrected chi connectivity index (χ3v) is 4.48. The summed E-state index contributed by atoms with van der Waals surface area (Å²) >= 11 is 6.05. The summed E-state index contributed by atoms with van der Waals surface area (Å²) in [6.45, 7) is 8.06. The number of rotatable bonds is 4. The van der Waals surface area contributed by atoms with Gasteiger partial charge in [-0.2, -0.15) is 5.10 Å². The van der Waals surface area contributed by atoms with Crippen LogP contribution < -0.4 is 4.90 Å². The molecule has 0 saturated heterocycles. The highest BCUT2D eigenvalue weighted by molar-refractivity contribution is 6.30. The van der Waals surface area contributed by atoms with Crippen LogP contribution in [0.1, 0.15) is 35.5 Å². The van der Waals surface area contributed by atoms with Crippen molar-refractivity contribution in [3.8, 4) is 5.69 Å². The van der Waals surface area contributed by atoms with E-state index in [0.717, 1.165) is 22.5 Å². The van der Waals surface area contributed by atoms with E-state index in [9.17, 15) is 4.79 Å². The molecule has 0 bridgehead atoms. The van der Waals surface area contributed by atoms with Crippen molar-refractivity contribution in [2.45, 2.75) is 33.7 Å². The number of carbonyl (C=O) groups excluding carboxylic acids is 1. The molecule has 0 atom stereocenters. The lowest BCUT2D eigenvalue weighted by molar-refractivity contribution is 0.0975. The molecule has 3 rings (SSSR count). The highest BCUT2D eigenvalue weighted by Gasteiger charge is 2.24. The Morgan fingerprint density at radius 2 is 1.88 bits per heavy atom. The number of benzene rings is 2. The van der Waals surface area contributed by atoms with Crippen LogP contribution in [0.5, 0.6) is 0 Å². The molecular weight excluding hydrogens is 346 g/mol. The van der Waals surface area contributed by atoms with Gasteiger partial charge in [-0.1, -0.05) is 29.8 Å². The first-order valence-electron chi connectivity index (χ1n) is 8.59. The van der Waals surface area contributed by atoms with E-state index < -0.39 is 0 Å². The third-order valence-electron chi connectivity index (χ3n) is 4.24. The first-order valence-corrected chi connectivity index (χ1v) is 8.97. The molecule has 26 heavy (non-hydrogen) atoms. The van der Waals surface area contributed by atoms with Crippen LogP contribution in [-0.2, 0) is 0 Å². The predicted molar refractivity (Wildman–Crippen MR) is 106 cm³/mol. The van der Waals surface area contributed by atoms with Crippen molar-refractivity contribution in [1.82, 2.24) is 9.78 Å². The lowest BCUT2D eigenvalue weighted by Crippen LogP contribution is -2.38. The van der Waals surface area contributed by atoms with Gasteiger partial charge >= 0.3 is 0 Å². The van der Waals surface area contributed by atoms with Gasteiger partial charge in [0.2, 0.25) is 0 Å². The number of carbonyl (C=O) groups is 1. The van der Waals surface area contributed by atoms with Crippen LogP contribution in [0.4, 0.5) is 5.69 Å². The number of anilines is 1. The SMILES string of the molecule is Cc1ccc(C)c(N(C(=O)c2ccn(-c3cccc(Cl)c3)n2)C(C)C)c1. The fraction of sp³-hybridized carbons (Fsp3) is 0.238. The van der Waals surface area contributed by atoms with Crippen LogP contribution in [-0.4, -0.2) is 21.7 Å². The van der Waals surface area contributed by atoms with Crippen LogP contribution >= 0.6 is 11.6 Å². The molecule has 0 unspecified atom stereocenters. The van der Waals surface area contributed by atoms with Crippen molar-refractivity contribution >= 4 is 23.2 Å². The average Bonchev–Trinajstić information content (AvgIpc) is 3.08. The van der Waals surface area contributed by atoms with E-state index in [1.807, 2.05) is 64.1 Å². The van der Waals surface area contributed by atoms with Gasteiger partial charge in [0.25, 0.3) is 5.91 Å². The van der Waals surface area contributed by atoms with E-state index in [1.165, 1.54) is 0 Å². The van der Waals surface area contributed by atoms with E-state index >= 15 is 0 Å². The fourth-order valence-electron chi connectivity index (χ4n) is 2.92. The number of hydrogen-bond donors (Lipinski definition) is 0. The molecule has 0 saturated carbocycles. The number of hydrogen-bond acceptors (Lipinski definition) is 2. The van der Waals surface area contributed by atoms with Gasteiger partial charge in [-0.3, -0.25) is 4.79 Å². The van der Waals surface area contributed by atoms with Gasteiger partial charge in [0.1, 0.15) is 0 Å². The Bertz CT molecular complexity index is 946. The Hall–Kier alpha value is -2.59. The summed E-state index contributed by atoms with van der Waals surface area (Å²) in [7, 11) is 0. The van der Waals surface area contributed by atoms with Crippen molar-refractivity contribution < 1.29 is 4.79 Å². The van der Waals surface area contributed by atoms with Gasteiger partial charge in [-0.05, 0) is 69.2 Å². The summed E-state index contributed by atoms with van der Waals surface area (Å²) < 4.78 is 1.67. The van der Waals surface area contributed by atoms with Gasteiger partial charge in [0, 0.05) is 22.9 Å². The first-order chi connectivity index (χ1) is 12.4. The predicted octanol–water partition coefficient (Wildman–Crippen LogP) is 5.20. The topological polar surface area (TPSA) is 38.1 Å². The maximum absolute atomic E-state index is 13.2. The molecule has 0 N–H and O–H groups in total. The molecule has 0 radical (unpaired) electrons. The van der Waals surface area contributed by atoms with E-state index in [-0.39, 0.29) is 11.9 Å². The van der Waals surface area contributed by atoms with Crippen LogP contribution in [0.3, 0.4) is 0 Å². The minimum Gasteiger partial charge on any atom is -0.304 e. The van der Waals surface area contributed by atoms with E-state index in [1.54, 1.807) is 21.8 Å². The Morgan fingerprint density at radius 3 is 2.58 bits per heavy atom. The second kappa shape index (κ2) is 7.34. The highest BCUT2D eigenvalue weighted by atomic mass is 35.5. The van der Waals surface area contributed by atoms with Crippen LogP contribution in [0, 0.1) is 13.8 Å². The molecule has 3 aromatic rings. The molecule has 1 aromatic heterocycles. The summed E-state index contributed by atoms with van der Waals surface area (Å²) in [4.78, 5) is 15.0. The molecule has 134 valence electrons. The quantitative estimate of drug-likeness (QED) is 0.635. The molecule has 2 aromatic carbocycles. The largest absolute Gasteiger partial charge is 0.304 e. The van der Waals surface area contributed by atoms with Crippen LogP contribution in [0.25, 0.3) is 5.69 Å². The van der Waals surface area contributed by atoms with Crippen molar-refractivity contribution in [1.29, 1.82) is 0 Å². The van der Waals surface area contributed by atoms with Crippen LogP contribution in [0.2, 0.25) is 5.02 Å². The molecule has 0 fully saturated rings. The van der Waals surface area contributed by atoms with E-state index in [2.05, 4.69) is 11.2 Å². The van der Waals surface area contributed by atoms with E-state index in [0.29, 0.717) is 10.7 Å². The number of aryl methyl sites for hydroxylation is 2. The molecule has 4 nitrogen and oxygen atoms in total. The summed E-state index contributed by atoms with van der Waals surface area (Å²) in [5.74, 6) is -0.116. The zero-order valence-corrected chi connectivity index (χ0v) is 16.2. The van der Waals surface area contributed by atoms with Crippen LogP contribution in [0.15, 0.2) is 54.7 Å². The Morgan fingerprint density at radius 1 is 1.12 bits per heavy atom. The van der Waals surface area contributed by atoms with E-state index in [4.69, 9.17) is 11.6 Å². The standard InChI is InChI=1S/C21H22ClN3O/c1-14(2)25(20-12-15(3)8-9-16(20)4)21(26)19-10-11-24(23-19)18-7-5-6-17(22)13-18/h5-14H,1-4H3. The maximum atomic E-state index is 13.2. The number of halogens is 1. The van der Waals surface area contributed by atoms with Crippen molar-refractivity contribution in [3.63, 3.8) is 0 Å². The molecule has 1 amide bonds. The molecule has 0 aliphatic carbocycles. The molecule has 1 heterocycles. The second-order valence-corrected chi connectivity index (χ2v) is 7.12. The average molecular weight is 368 g/mol. The maximum Gasteiger partial charge on any atom is 0.279 e. The second-order valence-electron chi connectivity index (χ2n) is 6.68.